The lowest BCUT2D eigenvalue weighted by Crippen LogP contribution is -2.26. The topological polar surface area (TPSA) is 46.9 Å². The third-order valence-electron chi connectivity index (χ3n) is 3.90. The van der Waals surface area contributed by atoms with E-state index in [0.29, 0.717) is 18.5 Å². The van der Waals surface area contributed by atoms with Crippen LogP contribution in [0.3, 0.4) is 0 Å². The van der Waals surface area contributed by atoms with Gasteiger partial charge in [-0.2, -0.15) is 0 Å². The van der Waals surface area contributed by atoms with Gasteiger partial charge in [-0.1, -0.05) is 25.1 Å². The van der Waals surface area contributed by atoms with Crippen LogP contribution in [0.2, 0.25) is 0 Å². The summed E-state index contributed by atoms with van der Waals surface area (Å²) in [6.45, 7) is 3.49. The summed E-state index contributed by atoms with van der Waals surface area (Å²) in [7, 11) is 0. The first-order chi connectivity index (χ1) is 11.7. The lowest BCUT2D eigenvalue weighted by molar-refractivity contribution is 0.0953. The summed E-state index contributed by atoms with van der Waals surface area (Å²) in [5.41, 5.74) is 2.42. The number of aromatic nitrogens is 2. The molecule has 0 bridgehead atoms. The summed E-state index contributed by atoms with van der Waals surface area (Å²) in [6, 6.07) is 13.7. The lowest BCUT2D eigenvalue weighted by Gasteiger charge is -2.09. The normalized spacial score (nSPS) is 10.9. The number of hydrogen-bond donors (Lipinski definition) is 1. The zero-order valence-corrected chi connectivity index (χ0v) is 13.6. The molecule has 0 spiro atoms. The van der Waals surface area contributed by atoms with Crippen molar-refractivity contribution in [3.63, 3.8) is 0 Å². The lowest BCUT2D eigenvalue weighted by atomic mass is 10.2. The smallest absolute Gasteiger partial charge is 0.251 e. The first kappa shape index (κ1) is 16.2. The first-order valence-corrected chi connectivity index (χ1v) is 8.17. The largest absolute Gasteiger partial charge is 0.352 e. The number of nitrogens with zero attached hydrogens (tertiary/aromatic N) is 2. The third-order valence-corrected chi connectivity index (χ3v) is 3.90. The minimum atomic E-state index is -0.410. The van der Waals surface area contributed by atoms with E-state index in [0.717, 1.165) is 29.8 Å². The molecule has 124 valence electrons. The van der Waals surface area contributed by atoms with Gasteiger partial charge in [-0.25, -0.2) is 9.37 Å². The highest BCUT2D eigenvalue weighted by molar-refractivity contribution is 5.94. The molecule has 0 aliphatic heterocycles. The Hall–Kier alpha value is -2.69. The summed E-state index contributed by atoms with van der Waals surface area (Å²) in [4.78, 5) is 16.7. The Morgan fingerprint density at radius 2 is 2.04 bits per heavy atom. The van der Waals surface area contributed by atoms with Gasteiger partial charge in [-0.05, 0) is 36.8 Å². The van der Waals surface area contributed by atoms with Crippen molar-refractivity contribution in [3.8, 4) is 0 Å². The van der Waals surface area contributed by atoms with Crippen LogP contribution in [0, 0.1) is 5.82 Å². The molecule has 1 amide bonds. The maximum atomic E-state index is 13.2. The van der Waals surface area contributed by atoms with Crippen molar-refractivity contribution in [3.05, 3.63) is 65.7 Å². The second-order valence-corrected chi connectivity index (χ2v) is 5.68. The predicted molar refractivity (Wildman–Crippen MR) is 92.5 cm³/mol. The van der Waals surface area contributed by atoms with E-state index in [2.05, 4.69) is 27.9 Å². The number of amides is 1. The molecule has 3 aromatic rings. The van der Waals surface area contributed by atoms with Crippen molar-refractivity contribution < 1.29 is 9.18 Å². The number of rotatable bonds is 6. The van der Waals surface area contributed by atoms with E-state index in [9.17, 15) is 9.18 Å². The van der Waals surface area contributed by atoms with Crippen LogP contribution in [0.25, 0.3) is 11.0 Å². The molecule has 0 fully saturated rings. The SMILES string of the molecule is CCCn1c(CCNC(=O)c2cccc(F)c2)nc2ccccc21. The molecular weight excluding hydrogens is 305 g/mol. The fourth-order valence-electron chi connectivity index (χ4n) is 2.81. The molecule has 2 aromatic carbocycles. The average Bonchev–Trinajstić information content (AvgIpc) is 2.93. The van der Waals surface area contributed by atoms with Crippen LogP contribution >= 0.6 is 0 Å². The van der Waals surface area contributed by atoms with Crippen LogP contribution in [-0.4, -0.2) is 22.0 Å². The number of hydrogen-bond acceptors (Lipinski definition) is 2. The molecule has 24 heavy (non-hydrogen) atoms. The van der Waals surface area contributed by atoms with Crippen LogP contribution in [0.5, 0.6) is 0 Å². The van der Waals surface area contributed by atoms with Gasteiger partial charge >= 0.3 is 0 Å². The number of halogens is 1. The van der Waals surface area contributed by atoms with Crippen molar-refractivity contribution in [2.24, 2.45) is 0 Å². The summed E-state index contributed by atoms with van der Waals surface area (Å²) < 4.78 is 15.4. The quantitative estimate of drug-likeness (QED) is 0.753. The van der Waals surface area contributed by atoms with E-state index in [1.165, 1.54) is 18.2 Å². The fourth-order valence-corrected chi connectivity index (χ4v) is 2.81. The summed E-state index contributed by atoms with van der Waals surface area (Å²) in [6.07, 6.45) is 1.65. The molecule has 0 saturated carbocycles. The number of aryl methyl sites for hydroxylation is 1. The number of carbonyl (C=O) groups excluding carboxylic acids is 1. The molecule has 0 aliphatic rings. The van der Waals surface area contributed by atoms with Gasteiger partial charge in [0.2, 0.25) is 0 Å². The molecule has 0 unspecified atom stereocenters. The zero-order valence-electron chi connectivity index (χ0n) is 13.6. The van der Waals surface area contributed by atoms with Gasteiger partial charge in [0, 0.05) is 25.1 Å². The van der Waals surface area contributed by atoms with Gasteiger partial charge in [0.05, 0.1) is 11.0 Å². The Morgan fingerprint density at radius 1 is 1.21 bits per heavy atom. The van der Waals surface area contributed by atoms with Crippen molar-refractivity contribution >= 4 is 16.9 Å². The third kappa shape index (κ3) is 3.45. The van der Waals surface area contributed by atoms with E-state index in [1.54, 1.807) is 6.07 Å². The van der Waals surface area contributed by atoms with E-state index in [-0.39, 0.29) is 5.91 Å². The molecule has 0 radical (unpaired) electrons. The summed E-state index contributed by atoms with van der Waals surface area (Å²) in [5.74, 6) is 0.276. The second kappa shape index (κ2) is 7.25. The molecule has 0 saturated heterocycles. The number of carbonyl (C=O) groups is 1. The number of benzene rings is 2. The second-order valence-electron chi connectivity index (χ2n) is 5.68. The predicted octanol–water partition coefficient (Wildman–Crippen LogP) is 3.56. The number of fused-ring (bicyclic) bond motifs is 1. The van der Waals surface area contributed by atoms with Crippen LogP contribution in [0.4, 0.5) is 4.39 Å². The Morgan fingerprint density at radius 3 is 2.83 bits per heavy atom. The van der Waals surface area contributed by atoms with E-state index >= 15 is 0 Å². The molecule has 1 heterocycles. The molecule has 3 rings (SSSR count). The van der Waals surface area contributed by atoms with Gasteiger partial charge in [0.1, 0.15) is 11.6 Å². The average molecular weight is 325 g/mol. The number of imidazole rings is 1. The summed E-state index contributed by atoms with van der Waals surface area (Å²) in [5, 5.41) is 2.83. The van der Waals surface area contributed by atoms with Gasteiger partial charge in [0.15, 0.2) is 0 Å². The van der Waals surface area contributed by atoms with E-state index < -0.39 is 5.82 Å². The highest BCUT2D eigenvalue weighted by Gasteiger charge is 2.11. The first-order valence-electron chi connectivity index (χ1n) is 8.17. The van der Waals surface area contributed by atoms with E-state index in [1.807, 2.05) is 18.2 Å². The van der Waals surface area contributed by atoms with Gasteiger partial charge in [-0.15, -0.1) is 0 Å². The maximum absolute atomic E-state index is 13.2. The molecule has 5 heteroatoms. The maximum Gasteiger partial charge on any atom is 0.251 e. The minimum absolute atomic E-state index is 0.271. The standard InChI is InChI=1S/C19H20FN3O/c1-2-12-23-17-9-4-3-8-16(17)22-18(23)10-11-21-19(24)14-6-5-7-15(20)13-14/h3-9,13H,2,10-12H2,1H3,(H,21,24). The van der Waals surface area contributed by atoms with Crippen LogP contribution in [0.15, 0.2) is 48.5 Å². The monoisotopic (exact) mass is 325 g/mol. The molecule has 4 nitrogen and oxygen atoms in total. The Labute approximate surface area is 140 Å². The van der Waals surface area contributed by atoms with E-state index in [4.69, 9.17) is 0 Å². The molecule has 1 N–H and O–H groups in total. The van der Waals surface area contributed by atoms with Crippen LogP contribution < -0.4 is 5.32 Å². The number of para-hydroxylation sites is 2. The highest BCUT2D eigenvalue weighted by Crippen LogP contribution is 2.16. The Kier molecular flexibility index (Phi) is 4.89. The van der Waals surface area contributed by atoms with Crippen LogP contribution in [0.1, 0.15) is 29.5 Å². The van der Waals surface area contributed by atoms with Crippen molar-refractivity contribution in [1.29, 1.82) is 0 Å². The van der Waals surface area contributed by atoms with Crippen molar-refractivity contribution in [2.75, 3.05) is 6.54 Å². The van der Waals surface area contributed by atoms with Crippen LogP contribution in [-0.2, 0) is 13.0 Å². The van der Waals surface area contributed by atoms with Gasteiger partial charge in [0.25, 0.3) is 5.91 Å². The molecule has 0 aliphatic carbocycles. The Balaban J connectivity index is 1.69. The van der Waals surface area contributed by atoms with Gasteiger partial charge < -0.3 is 9.88 Å². The zero-order chi connectivity index (χ0) is 16.9. The molecular formula is C19H20FN3O. The number of nitrogens with one attached hydrogen (secondary N) is 1. The fraction of sp³-hybridized carbons (Fsp3) is 0.263. The van der Waals surface area contributed by atoms with Gasteiger partial charge in [-0.3, -0.25) is 4.79 Å². The summed E-state index contributed by atoms with van der Waals surface area (Å²) >= 11 is 0. The van der Waals surface area contributed by atoms with Crippen molar-refractivity contribution in [1.82, 2.24) is 14.9 Å². The minimum Gasteiger partial charge on any atom is -0.352 e. The Bertz CT molecular complexity index is 857. The highest BCUT2D eigenvalue weighted by atomic mass is 19.1. The molecule has 1 aromatic heterocycles. The molecule has 0 atom stereocenters. The van der Waals surface area contributed by atoms with Crippen molar-refractivity contribution in [2.45, 2.75) is 26.3 Å².